The average Bonchev–Trinajstić information content (AvgIpc) is 3.61. The third kappa shape index (κ3) is 5.58. The van der Waals surface area contributed by atoms with E-state index in [0.29, 0.717) is 30.3 Å². The second kappa shape index (κ2) is 11.2. The molecule has 5 rings (SSSR count). The molecular weight excluding hydrogens is 508 g/mol. The Labute approximate surface area is 222 Å². The Morgan fingerprint density at radius 3 is 2.43 bits per heavy atom. The summed E-state index contributed by atoms with van der Waals surface area (Å²) >= 11 is 1.52. The van der Waals surface area contributed by atoms with Crippen LogP contribution >= 0.6 is 11.3 Å². The Kier molecular flexibility index (Phi) is 7.92. The minimum Gasteiger partial charge on any atom is -0.379 e. The number of carbonyl (C=O) groups excluding carboxylic acids is 1. The first-order valence-electron chi connectivity index (χ1n) is 12.9. The van der Waals surface area contributed by atoms with Gasteiger partial charge in [0.25, 0.3) is 5.91 Å². The predicted octanol–water partition coefficient (Wildman–Crippen LogP) is 4.07. The molecule has 2 fully saturated rings. The van der Waals surface area contributed by atoms with E-state index >= 15 is 0 Å². The molecule has 0 unspecified atom stereocenters. The summed E-state index contributed by atoms with van der Waals surface area (Å²) in [6.45, 7) is 9.93. The summed E-state index contributed by atoms with van der Waals surface area (Å²) in [5, 5.41) is 0.671. The van der Waals surface area contributed by atoms with Crippen molar-refractivity contribution in [3.05, 3.63) is 53.1 Å². The van der Waals surface area contributed by atoms with Crippen molar-refractivity contribution in [1.29, 1.82) is 0 Å². The number of anilines is 1. The third-order valence-corrected chi connectivity index (χ3v) is 10.3. The monoisotopic (exact) mass is 542 g/mol. The molecule has 0 aliphatic carbocycles. The van der Waals surface area contributed by atoms with Crippen LogP contribution < -0.4 is 4.90 Å². The van der Waals surface area contributed by atoms with Crippen LogP contribution in [0.15, 0.2) is 41.3 Å². The van der Waals surface area contributed by atoms with Crippen molar-refractivity contribution in [2.75, 3.05) is 57.4 Å². The number of hydrogen-bond donors (Lipinski definition) is 0. The minimum atomic E-state index is -3.52. The Morgan fingerprint density at radius 1 is 1.03 bits per heavy atom. The number of morpholine rings is 1. The maximum Gasteiger partial charge on any atom is 0.260 e. The van der Waals surface area contributed by atoms with E-state index in [-0.39, 0.29) is 10.8 Å². The summed E-state index contributed by atoms with van der Waals surface area (Å²) in [4.78, 5) is 23.0. The first-order valence-corrected chi connectivity index (χ1v) is 15.2. The van der Waals surface area contributed by atoms with E-state index in [1.807, 2.05) is 0 Å². The van der Waals surface area contributed by atoms with E-state index < -0.39 is 10.0 Å². The molecule has 0 spiro atoms. The molecule has 0 radical (unpaired) electrons. The van der Waals surface area contributed by atoms with Crippen LogP contribution in [0.4, 0.5) is 5.13 Å². The lowest BCUT2D eigenvalue weighted by Gasteiger charge is -2.27. The molecule has 2 aromatic carbocycles. The lowest BCUT2D eigenvalue weighted by molar-refractivity contribution is 0.0376. The minimum absolute atomic E-state index is 0.166. The van der Waals surface area contributed by atoms with Crippen molar-refractivity contribution in [2.24, 2.45) is 0 Å². The van der Waals surface area contributed by atoms with E-state index in [1.165, 1.54) is 21.2 Å². The van der Waals surface area contributed by atoms with Crippen LogP contribution in [0.25, 0.3) is 10.2 Å². The van der Waals surface area contributed by atoms with Gasteiger partial charge in [-0.25, -0.2) is 13.4 Å². The van der Waals surface area contributed by atoms with Gasteiger partial charge in [0.1, 0.15) is 0 Å². The quantitative estimate of drug-likeness (QED) is 0.427. The summed E-state index contributed by atoms with van der Waals surface area (Å²) in [6.07, 6.45) is 2.58. The normalized spacial score (nSPS) is 17.5. The number of rotatable bonds is 8. The second-order valence-corrected chi connectivity index (χ2v) is 12.7. The van der Waals surface area contributed by atoms with Crippen LogP contribution in [-0.2, 0) is 14.8 Å². The van der Waals surface area contributed by atoms with E-state index in [4.69, 9.17) is 9.72 Å². The van der Waals surface area contributed by atoms with Crippen molar-refractivity contribution in [1.82, 2.24) is 14.2 Å². The van der Waals surface area contributed by atoms with Crippen LogP contribution in [0.3, 0.4) is 0 Å². The summed E-state index contributed by atoms with van der Waals surface area (Å²) < 4.78 is 33.9. The average molecular weight is 543 g/mol. The first kappa shape index (κ1) is 26.2. The molecule has 37 heavy (non-hydrogen) atoms. The molecule has 2 aliphatic heterocycles. The zero-order chi connectivity index (χ0) is 26.0. The number of sulfonamides is 1. The number of fused-ring (bicyclic) bond motifs is 1. The van der Waals surface area contributed by atoms with Gasteiger partial charge in [0.15, 0.2) is 5.13 Å². The van der Waals surface area contributed by atoms with E-state index in [2.05, 4.69) is 30.9 Å². The van der Waals surface area contributed by atoms with Crippen LogP contribution in [0.1, 0.15) is 40.7 Å². The molecule has 0 saturated carbocycles. The fourth-order valence-corrected chi connectivity index (χ4v) is 7.46. The standard InChI is InChI=1S/C27H34N4O4S2/c1-20-6-11-24-25(21(20)2)28-27(36-24)31(15-5-12-29-16-18-35-19-17-29)26(32)22-7-9-23(10-8-22)37(33,34)30-13-3-4-14-30/h6-11H,3-5,12-19H2,1-2H3. The summed E-state index contributed by atoms with van der Waals surface area (Å²) in [5.74, 6) is -0.166. The van der Waals surface area contributed by atoms with E-state index in [1.54, 1.807) is 29.2 Å². The molecule has 3 aromatic rings. The van der Waals surface area contributed by atoms with Gasteiger partial charge in [-0.1, -0.05) is 17.4 Å². The van der Waals surface area contributed by atoms with Gasteiger partial charge in [0.2, 0.25) is 10.0 Å². The molecule has 0 bridgehead atoms. The molecule has 1 amide bonds. The van der Waals surface area contributed by atoms with Gasteiger partial charge in [0.05, 0.1) is 28.3 Å². The van der Waals surface area contributed by atoms with Crippen molar-refractivity contribution in [3.63, 3.8) is 0 Å². The summed E-state index contributed by atoms with van der Waals surface area (Å²) in [6, 6.07) is 10.5. The zero-order valence-electron chi connectivity index (χ0n) is 21.5. The lowest BCUT2D eigenvalue weighted by Crippen LogP contribution is -2.39. The maximum absolute atomic E-state index is 13.8. The fourth-order valence-electron chi connectivity index (χ4n) is 4.89. The highest BCUT2D eigenvalue weighted by molar-refractivity contribution is 7.89. The van der Waals surface area contributed by atoms with Gasteiger partial charge in [-0.05, 0) is 74.6 Å². The van der Waals surface area contributed by atoms with Crippen LogP contribution in [-0.4, -0.2) is 81.0 Å². The smallest absolute Gasteiger partial charge is 0.260 e. The zero-order valence-corrected chi connectivity index (χ0v) is 23.1. The van der Waals surface area contributed by atoms with Gasteiger partial charge in [-0.2, -0.15) is 4.31 Å². The Bertz CT molecular complexity index is 1360. The molecule has 2 aliphatic rings. The van der Waals surface area contributed by atoms with Gasteiger partial charge in [0, 0.05) is 44.8 Å². The molecule has 0 atom stereocenters. The number of carbonyl (C=O) groups is 1. The molecule has 2 saturated heterocycles. The lowest BCUT2D eigenvalue weighted by atomic mass is 10.1. The molecule has 198 valence electrons. The molecule has 8 nitrogen and oxygen atoms in total. The van der Waals surface area contributed by atoms with Crippen molar-refractivity contribution >= 4 is 42.6 Å². The topological polar surface area (TPSA) is 83.0 Å². The largest absolute Gasteiger partial charge is 0.379 e. The van der Waals surface area contributed by atoms with Gasteiger partial charge in [-0.3, -0.25) is 14.6 Å². The summed E-state index contributed by atoms with van der Waals surface area (Å²) in [7, 11) is -3.52. The summed E-state index contributed by atoms with van der Waals surface area (Å²) in [5.41, 5.74) is 3.68. The van der Waals surface area contributed by atoms with Gasteiger partial charge < -0.3 is 4.74 Å². The number of thiazole rings is 1. The highest BCUT2D eigenvalue weighted by atomic mass is 32.2. The maximum atomic E-state index is 13.8. The number of nitrogens with zero attached hydrogens (tertiary/aromatic N) is 4. The fraction of sp³-hybridized carbons (Fsp3) is 0.481. The second-order valence-electron chi connectivity index (χ2n) is 9.75. The van der Waals surface area contributed by atoms with Gasteiger partial charge >= 0.3 is 0 Å². The molecule has 10 heteroatoms. The predicted molar refractivity (Wildman–Crippen MR) is 147 cm³/mol. The number of ether oxygens (including phenoxy) is 1. The number of aryl methyl sites for hydroxylation is 2. The molecule has 0 N–H and O–H groups in total. The van der Waals surface area contributed by atoms with Crippen LogP contribution in [0.5, 0.6) is 0 Å². The van der Waals surface area contributed by atoms with E-state index in [0.717, 1.165) is 67.9 Å². The molecular formula is C27H34N4O4S2. The van der Waals surface area contributed by atoms with Crippen LogP contribution in [0.2, 0.25) is 0 Å². The Balaban J connectivity index is 1.40. The van der Waals surface area contributed by atoms with E-state index in [9.17, 15) is 13.2 Å². The number of amides is 1. The highest BCUT2D eigenvalue weighted by Crippen LogP contribution is 2.33. The van der Waals surface area contributed by atoms with Crippen molar-refractivity contribution < 1.29 is 17.9 Å². The van der Waals surface area contributed by atoms with Crippen LogP contribution in [0, 0.1) is 13.8 Å². The third-order valence-electron chi connectivity index (χ3n) is 7.31. The van der Waals surface area contributed by atoms with Crippen molar-refractivity contribution in [2.45, 2.75) is 38.0 Å². The number of aromatic nitrogens is 1. The highest BCUT2D eigenvalue weighted by Gasteiger charge is 2.28. The Morgan fingerprint density at radius 2 is 1.73 bits per heavy atom. The SMILES string of the molecule is Cc1ccc2sc(N(CCCN3CCOCC3)C(=O)c3ccc(S(=O)(=O)N4CCCC4)cc3)nc2c1C. The first-order chi connectivity index (χ1) is 17.8. The Hall–Kier alpha value is -2.37. The molecule has 1 aromatic heterocycles. The molecule has 3 heterocycles. The number of hydrogen-bond acceptors (Lipinski definition) is 7. The number of benzene rings is 2. The van der Waals surface area contributed by atoms with Gasteiger partial charge in [-0.15, -0.1) is 0 Å². The van der Waals surface area contributed by atoms with Crippen molar-refractivity contribution in [3.8, 4) is 0 Å².